The lowest BCUT2D eigenvalue weighted by Crippen LogP contribution is -2.26. The molecule has 1 aromatic rings. The first-order valence-corrected chi connectivity index (χ1v) is 12.3. The fourth-order valence-electron chi connectivity index (χ4n) is 4.69. The van der Waals surface area contributed by atoms with Gasteiger partial charge in [-0.05, 0) is 75.0 Å². The van der Waals surface area contributed by atoms with Gasteiger partial charge in [0.25, 0.3) is 0 Å². The fourth-order valence-corrected chi connectivity index (χ4v) is 8.91. The van der Waals surface area contributed by atoms with Crippen molar-refractivity contribution in [3.8, 4) is 0 Å². The van der Waals surface area contributed by atoms with E-state index < -0.39 is 7.25 Å². The first kappa shape index (κ1) is 22.7. The van der Waals surface area contributed by atoms with Gasteiger partial charge in [0.15, 0.2) is 0 Å². The van der Waals surface area contributed by atoms with Crippen LogP contribution in [0.1, 0.15) is 89.5 Å². The molecule has 6 heteroatoms. The molecule has 0 heterocycles. The van der Waals surface area contributed by atoms with E-state index in [1.165, 1.54) is 69.8 Å². The molecular weight excluding hydrogens is 370 g/mol. The minimum absolute atomic E-state index is 0.365. The molecule has 1 aromatic carbocycles. The quantitative estimate of drug-likeness (QED) is 0.275. The topological polar surface area (TPSA) is 0 Å². The van der Waals surface area contributed by atoms with E-state index >= 15 is 0 Å². The Morgan fingerprint density at radius 3 is 1.44 bits per heavy atom. The van der Waals surface area contributed by atoms with Crippen LogP contribution in [0.4, 0.5) is 17.3 Å². The highest BCUT2D eigenvalue weighted by atomic mass is 31.1. The number of benzene rings is 1. The summed E-state index contributed by atoms with van der Waals surface area (Å²) in [6.45, 7) is 4.62. The molecule has 0 radical (unpaired) electrons. The summed E-state index contributed by atoms with van der Waals surface area (Å²) in [6, 6.07) is 9.90. The molecule has 2 aliphatic carbocycles. The molecule has 0 saturated heterocycles. The summed E-state index contributed by atoms with van der Waals surface area (Å²) < 4.78 is 39.0. The zero-order valence-corrected chi connectivity index (χ0v) is 17.7. The van der Waals surface area contributed by atoms with Crippen LogP contribution in [0, 0.1) is 0 Å². The van der Waals surface area contributed by atoms with Gasteiger partial charge in [-0.2, -0.15) is 0 Å². The lowest BCUT2D eigenvalue weighted by molar-refractivity contribution is 0.368. The van der Waals surface area contributed by atoms with Crippen molar-refractivity contribution in [1.29, 1.82) is 0 Å². The lowest BCUT2D eigenvalue weighted by Gasteiger charge is -2.32. The van der Waals surface area contributed by atoms with Gasteiger partial charge in [0.2, 0.25) is 0 Å². The van der Waals surface area contributed by atoms with Crippen molar-refractivity contribution in [2.75, 3.05) is 0 Å². The summed E-state index contributed by atoms with van der Waals surface area (Å²) in [4.78, 5) is 0. The van der Waals surface area contributed by atoms with Crippen LogP contribution in [0.25, 0.3) is 0 Å². The molecule has 0 N–H and O–H groups in total. The molecule has 2 saturated carbocycles. The van der Waals surface area contributed by atoms with Crippen LogP contribution in [-0.2, 0) is 0 Å². The molecule has 27 heavy (non-hydrogen) atoms. The molecule has 0 aliphatic heterocycles. The van der Waals surface area contributed by atoms with Crippen LogP contribution >= 0.6 is 7.92 Å². The highest BCUT2D eigenvalue weighted by Gasteiger charge is 2.38. The molecule has 0 spiro atoms. The van der Waals surface area contributed by atoms with Crippen molar-refractivity contribution < 1.29 is 17.3 Å². The number of hydrogen-bond acceptors (Lipinski definition) is 0. The average molecular weight is 404 g/mol. The third kappa shape index (κ3) is 8.14. The second-order valence-electron chi connectivity index (χ2n) is 8.40. The first-order chi connectivity index (χ1) is 12.8. The second kappa shape index (κ2) is 10.8. The van der Waals surface area contributed by atoms with Gasteiger partial charge in [0.05, 0.1) is 16.6 Å². The van der Waals surface area contributed by atoms with Crippen LogP contribution in [-0.4, -0.2) is 18.6 Å². The summed E-state index contributed by atoms with van der Waals surface area (Å²) in [6.07, 6.45) is 15.1. The van der Waals surface area contributed by atoms with Crippen molar-refractivity contribution >= 4 is 20.5 Å². The minimum Gasteiger partial charge on any atom is -0.418 e. The maximum Gasteiger partial charge on any atom is 0.673 e. The van der Waals surface area contributed by atoms with Gasteiger partial charge in [-0.3, -0.25) is 0 Å². The van der Waals surface area contributed by atoms with Crippen molar-refractivity contribution in [3.05, 3.63) is 29.8 Å². The average Bonchev–Trinajstić information content (AvgIpc) is 2.63. The van der Waals surface area contributed by atoms with E-state index in [-0.39, 0.29) is 7.92 Å². The van der Waals surface area contributed by atoms with Crippen LogP contribution in [0.5, 0.6) is 0 Å². The van der Waals surface area contributed by atoms with E-state index in [1.807, 2.05) is 0 Å². The molecule has 0 atom stereocenters. The van der Waals surface area contributed by atoms with E-state index in [1.54, 1.807) is 5.30 Å². The minimum atomic E-state index is -6.00. The van der Waals surface area contributed by atoms with E-state index in [0.29, 0.717) is 5.92 Å². The number of halogens is 4. The third-order valence-electron chi connectivity index (χ3n) is 6.00. The normalized spacial score (nSPS) is 19.9. The van der Waals surface area contributed by atoms with Crippen LogP contribution in [0.3, 0.4) is 0 Å². The Hall–Kier alpha value is -0.565. The van der Waals surface area contributed by atoms with Crippen LogP contribution in [0.2, 0.25) is 0 Å². The third-order valence-corrected chi connectivity index (χ3v) is 9.91. The molecule has 2 fully saturated rings. The van der Waals surface area contributed by atoms with Gasteiger partial charge in [-0.25, -0.2) is 0 Å². The van der Waals surface area contributed by atoms with Gasteiger partial charge in [-0.1, -0.05) is 38.8 Å². The molecule has 2 aliphatic rings. The molecule has 0 nitrogen and oxygen atoms in total. The summed E-state index contributed by atoms with van der Waals surface area (Å²) in [7, 11) is -6.37. The maximum atomic E-state index is 9.75. The van der Waals surface area contributed by atoms with E-state index in [0.717, 1.165) is 11.3 Å². The van der Waals surface area contributed by atoms with Gasteiger partial charge >= 0.3 is 7.25 Å². The van der Waals surface area contributed by atoms with Gasteiger partial charge in [0.1, 0.15) is 0 Å². The van der Waals surface area contributed by atoms with Crippen LogP contribution in [0.15, 0.2) is 24.3 Å². The number of hydrogen-bond donors (Lipinski definition) is 0. The standard InChI is InChI=1S/C21H33P.BF4/c1-17(2)18-13-15-21(16-14-18)22(19-9-5-3-6-10-19)20-11-7-4-8-12-20;2-1(3,4)5/h13-17,19-20H,3-12H2,1-2H3;/q;-1/p+1. The summed E-state index contributed by atoms with van der Waals surface area (Å²) in [5, 5.41) is 1.76. The zero-order valence-electron chi connectivity index (χ0n) is 16.7. The predicted octanol–water partition coefficient (Wildman–Crippen LogP) is 7.61. The predicted molar refractivity (Wildman–Crippen MR) is 112 cm³/mol. The van der Waals surface area contributed by atoms with Crippen LogP contribution < -0.4 is 5.30 Å². The lowest BCUT2D eigenvalue weighted by atomic mass is 9.99. The molecule has 154 valence electrons. The summed E-state index contributed by atoms with van der Waals surface area (Å²) >= 11 is 0. The monoisotopic (exact) mass is 404 g/mol. The largest absolute Gasteiger partial charge is 0.673 e. The Morgan fingerprint density at radius 2 is 1.11 bits per heavy atom. The molecule has 0 amide bonds. The first-order valence-electron chi connectivity index (χ1n) is 10.6. The Balaban J connectivity index is 0.000000465. The summed E-state index contributed by atoms with van der Waals surface area (Å²) in [5.74, 6) is 0.661. The second-order valence-corrected chi connectivity index (χ2v) is 11.5. The van der Waals surface area contributed by atoms with Gasteiger partial charge < -0.3 is 17.3 Å². The molecule has 0 aromatic heterocycles. The van der Waals surface area contributed by atoms with E-state index in [2.05, 4.69) is 38.1 Å². The van der Waals surface area contributed by atoms with Gasteiger partial charge in [-0.15, -0.1) is 0 Å². The number of rotatable bonds is 4. The Morgan fingerprint density at radius 1 is 0.741 bits per heavy atom. The van der Waals surface area contributed by atoms with E-state index in [9.17, 15) is 17.3 Å². The molecule has 0 bridgehead atoms. The molecular formula is C21H34BF4P. The van der Waals surface area contributed by atoms with E-state index in [4.69, 9.17) is 0 Å². The molecule has 0 unspecified atom stereocenters. The highest BCUT2D eigenvalue weighted by molar-refractivity contribution is 7.67. The highest BCUT2D eigenvalue weighted by Crippen LogP contribution is 2.54. The zero-order chi connectivity index (χ0) is 19.9. The van der Waals surface area contributed by atoms with Gasteiger partial charge in [0, 0.05) is 7.92 Å². The van der Waals surface area contributed by atoms with Crippen molar-refractivity contribution in [1.82, 2.24) is 0 Å². The molecule has 3 rings (SSSR count). The Kier molecular flexibility index (Phi) is 9.12. The summed E-state index contributed by atoms with van der Waals surface area (Å²) in [5.41, 5.74) is 3.64. The Labute approximate surface area is 163 Å². The Bertz CT molecular complexity index is 508. The maximum absolute atomic E-state index is 9.75. The fraction of sp³-hybridized carbons (Fsp3) is 0.714. The SMILES string of the molecule is CC(C)c1ccc([PH+](C2CCCCC2)C2CCCCC2)cc1.F[B-](F)(F)F. The van der Waals surface area contributed by atoms with Crippen molar-refractivity contribution in [2.24, 2.45) is 0 Å². The van der Waals surface area contributed by atoms with Crippen molar-refractivity contribution in [3.63, 3.8) is 0 Å². The van der Waals surface area contributed by atoms with Crippen molar-refractivity contribution in [2.45, 2.75) is 95.3 Å². The smallest absolute Gasteiger partial charge is 0.418 e.